The molecule has 3 atom stereocenters. The Morgan fingerprint density at radius 2 is 2.15 bits per heavy atom. The van der Waals surface area contributed by atoms with Crippen molar-refractivity contribution in [2.45, 2.75) is 50.7 Å². The number of fused-ring (bicyclic) bond motifs is 1. The fourth-order valence-electron chi connectivity index (χ4n) is 4.94. The Labute approximate surface area is 155 Å². The molecule has 142 valence electrons. The van der Waals surface area contributed by atoms with E-state index >= 15 is 0 Å². The Kier molecular flexibility index (Phi) is 5.04. The van der Waals surface area contributed by atoms with Gasteiger partial charge in [-0.25, -0.2) is 0 Å². The van der Waals surface area contributed by atoms with Gasteiger partial charge in [0.15, 0.2) is 0 Å². The lowest BCUT2D eigenvalue weighted by molar-refractivity contribution is -0.130. The topological polar surface area (TPSA) is 53.0 Å². The van der Waals surface area contributed by atoms with Crippen molar-refractivity contribution in [1.82, 2.24) is 4.90 Å². The molecule has 0 bridgehead atoms. The monoisotopic (exact) mass is 358 g/mol. The zero-order chi connectivity index (χ0) is 18.1. The molecule has 3 heterocycles. The van der Waals surface area contributed by atoms with Gasteiger partial charge in [-0.1, -0.05) is 18.2 Å². The highest BCUT2D eigenvalue weighted by molar-refractivity contribution is 5.96. The molecule has 0 unspecified atom stereocenters. The number of anilines is 1. The van der Waals surface area contributed by atoms with Crippen LogP contribution in [-0.4, -0.2) is 60.4 Å². The van der Waals surface area contributed by atoms with Crippen LogP contribution in [0.15, 0.2) is 24.3 Å². The number of likely N-dealkylation sites (tertiary alicyclic amines) is 1. The van der Waals surface area contributed by atoms with E-state index in [1.165, 1.54) is 5.56 Å². The van der Waals surface area contributed by atoms with Crippen LogP contribution >= 0.6 is 0 Å². The van der Waals surface area contributed by atoms with Gasteiger partial charge in [0, 0.05) is 30.8 Å². The van der Waals surface area contributed by atoms with E-state index in [4.69, 9.17) is 4.74 Å². The molecule has 5 heteroatoms. The molecule has 1 N–H and O–H groups in total. The fraction of sp³-hybridized carbons (Fsp3) is 0.667. The third-order valence-electron chi connectivity index (χ3n) is 6.48. The second kappa shape index (κ2) is 7.29. The van der Waals surface area contributed by atoms with Gasteiger partial charge in [0.05, 0.1) is 18.8 Å². The summed E-state index contributed by atoms with van der Waals surface area (Å²) in [6.45, 7) is 5.32. The molecule has 0 aliphatic carbocycles. The Morgan fingerprint density at radius 3 is 3.00 bits per heavy atom. The third-order valence-corrected chi connectivity index (χ3v) is 6.48. The average Bonchev–Trinajstić information content (AvgIpc) is 3.08. The predicted molar refractivity (Wildman–Crippen MR) is 101 cm³/mol. The van der Waals surface area contributed by atoms with Gasteiger partial charge < -0.3 is 14.7 Å². The van der Waals surface area contributed by atoms with E-state index in [0.29, 0.717) is 26.2 Å². The van der Waals surface area contributed by atoms with E-state index in [0.717, 1.165) is 44.5 Å². The van der Waals surface area contributed by atoms with Crippen molar-refractivity contribution in [1.29, 1.82) is 0 Å². The van der Waals surface area contributed by atoms with Gasteiger partial charge in [0.25, 0.3) is 0 Å². The summed E-state index contributed by atoms with van der Waals surface area (Å²) >= 11 is 0. The molecule has 26 heavy (non-hydrogen) atoms. The molecule has 0 saturated carbocycles. The average molecular weight is 358 g/mol. The van der Waals surface area contributed by atoms with Gasteiger partial charge in [0.1, 0.15) is 0 Å². The van der Waals surface area contributed by atoms with E-state index < -0.39 is 5.60 Å². The number of ether oxygens (including phenoxy) is 1. The Bertz CT molecular complexity index is 660. The molecule has 1 aromatic rings. The van der Waals surface area contributed by atoms with Crippen molar-refractivity contribution < 1.29 is 14.6 Å². The van der Waals surface area contributed by atoms with Crippen LogP contribution in [0.5, 0.6) is 0 Å². The molecule has 0 radical (unpaired) electrons. The lowest BCUT2D eigenvalue weighted by atomic mass is 9.79. The first-order valence-corrected chi connectivity index (χ1v) is 9.99. The van der Waals surface area contributed by atoms with E-state index in [-0.39, 0.29) is 17.9 Å². The molecular weight excluding hydrogens is 328 g/mol. The van der Waals surface area contributed by atoms with Crippen molar-refractivity contribution in [2.75, 3.05) is 37.7 Å². The van der Waals surface area contributed by atoms with Crippen molar-refractivity contribution >= 4 is 11.6 Å². The summed E-state index contributed by atoms with van der Waals surface area (Å²) in [5.74, 6) is 0.264. The first-order chi connectivity index (χ1) is 12.6. The van der Waals surface area contributed by atoms with Gasteiger partial charge >= 0.3 is 0 Å². The Balaban J connectivity index is 1.47. The van der Waals surface area contributed by atoms with E-state index in [2.05, 4.69) is 23.1 Å². The lowest BCUT2D eigenvalue weighted by Crippen LogP contribution is -2.54. The summed E-state index contributed by atoms with van der Waals surface area (Å²) in [7, 11) is 0. The van der Waals surface area contributed by atoms with Gasteiger partial charge in [-0.3, -0.25) is 9.69 Å². The molecule has 4 rings (SSSR count). The van der Waals surface area contributed by atoms with E-state index in [9.17, 15) is 9.90 Å². The molecule has 3 aliphatic heterocycles. The summed E-state index contributed by atoms with van der Waals surface area (Å²) in [6.07, 6.45) is 4.87. The highest BCUT2D eigenvalue weighted by atomic mass is 16.5. The minimum absolute atomic E-state index is 0.0835. The molecule has 1 aromatic carbocycles. The number of nitrogens with zero attached hydrogens (tertiary/aromatic N) is 2. The molecule has 2 fully saturated rings. The zero-order valence-corrected chi connectivity index (χ0v) is 15.7. The summed E-state index contributed by atoms with van der Waals surface area (Å²) in [5.41, 5.74) is 1.65. The highest BCUT2D eigenvalue weighted by Crippen LogP contribution is 2.36. The second-order valence-electron chi connectivity index (χ2n) is 8.25. The number of hydrogen-bond donors (Lipinski definition) is 1. The normalized spacial score (nSPS) is 32.5. The molecule has 5 nitrogen and oxygen atoms in total. The van der Waals surface area contributed by atoms with Gasteiger partial charge in [-0.15, -0.1) is 0 Å². The number of rotatable bonds is 3. The third kappa shape index (κ3) is 3.40. The fourth-order valence-corrected chi connectivity index (χ4v) is 4.94. The van der Waals surface area contributed by atoms with E-state index in [1.807, 2.05) is 17.9 Å². The SMILES string of the molecule is C[C@]1(O)CCOC[C@H]1[C@@H]1CCCN1CC(=O)N1CCCc2ccccc21. The van der Waals surface area contributed by atoms with Gasteiger partial charge in [-0.2, -0.15) is 0 Å². The zero-order valence-electron chi connectivity index (χ0n) is 15.7. The van der Waals surface area contributed by atoms with Crippen LogP contribution in [0, 0.1) is 5.92 Å². The van der Waals surface area contributed by atoms with Crippen LogP contribution in [0.2, 0.25) is 0 Å². The van der Waals surface area contributed by atoms with Crippen molar-refractivity contribution in [3.05, 3.63) is 29.8 Å². The number of carbonyl (C=O) groups is 1. The number of aryl methyl sites for hydroxylation is 1. The van der Waals surface area contributed by atoms with Crippen molar-refractivity contribution in [3.63, 3.8) is 0 Å². The van der Waals surface area contributed by atoms with Crippen LogP contribution in [0.4, 0.5) is 5.69 Å². The number of amides is 1. The second-order valence-corrected chi connectivity index (χ2v) is 8.25. The maximum Gasteiger partial charge on any atom is 0.241 e. The maximum atomic E-state index is 13.1. The molecule has 0 spiro atoms. The minimum Gasteiger partial charge on any atom is -0.390 e. The first-order valence-electron chi connectivity index (χ1n) is 9.99. The summed E-state index contributed by atoms with van der Waals surface area (Å²) in [4.78, 5) is 17.3. The maximum absolute atomic E-state index is 13.1. The summed E-state index contributed by atoms with van der Waals surface area (Å²) in [6, 6.07) is 8.49. The minimum atomic E-state index is -0.702. The Hall–Kier alpha value is -1.43. The molecule has 0 aromatic heterocycles. The largest absolute Gasteiger partial charge is 0.390 e. The van der Waals surface area contributed by atoms with Gasteiger partial charge in [0.2, 0.25) is 5.91 Å². The van der Waals surface area contributed by atoms with Crippen LogP contribution in [0.3, 0.4) is 0 Å². The standard InChI is InChI=1S/C21H30N2O3/c1-21(25)10-13-26-15-17(21)19-9-5-11-22(19)14-20(24)23-12-4-7-16-6-2-3-8-18(16)23/h2-3,6,8,17,19,25H,4-5,7,9-15H2,1H3/t17-,19-,21-/m0/s1. The van der Waals surface area contributed by atoms with Crippen LogP contribution in [0.25, 0.3) is 0 Å². The van der Waals surface area contributed by atoms with E-state index in [1.54, 1.807) is 0 Å². The van der Waals surface area contributed by atoms with Crippen molar-refractivity contribution in [3.8, 4) is 0 Å². The van der Waals surface area contributed by atoms with Crippen LogP contribution in [-0.2, 0) is 16.0 Å². The van der Waals surface area contributed by atoms with Crippen molar-refractivity contribution in [2.24, 2.45) is 5.92 Å². The Morgan fingerprint density at radius 1 is 1.31 bits per heavy atom. The highest BCUT2D eigenvalue weighted by Gasteiger charge is 2.44. The number of para-hydroxylation sites is 1. The molecular formula is C21H30N2O3. The predicted octanol–water partition coefficient (Wildman–Crippen LogP) is 2.22. The number of benzene rings is 1. The molecule has 2 saturated heterocycles. The van der Waals surface area contributed by atoms with Gasteiger partial charge in [-0.05, 0) is 57.2 Å². The molecule has 3 aliphatic rings. The summed E-state index contributed by atoms with van der Waals surface area (Å²) in [5, 5.41) is 10.8. The lowest BCUT2D eigenvalue weighted by Gasteiger charge is -2.43. The number of carbonyl (C=O) groups excluding carboxylic acids is 1. The molecule has 1 amide bonds. The quantitative estimate of drug-likeness (QED) is 0.900. The number of aliphatic hydroxyl groups is 1. The van der Waals surface area contributed by atoms with Crippen LogP contribution in [0.1, 0.15) is 38.2 Å². The van der Waals surface area contributed by atoms with Crippen LogP contribution < -0.4 is 4.90 Å². The first kappa shape index (κ1) is 18.0. The number of hydrogen-bond acceptors (Lipinski definition) is 4. The summed E-state index contributed by atoms with van der Waals surface area (Å²) < 4.78 is 5.66. The smallest absolute Gasteiger partial charge is 0.241 e.